The predicted octanol–water partition coefficient (Wildman–Crippen LogP) is 3.11. The second kappa shape index (κ2) is 11.3. The van der Waals surface area contributed by atoms with Crippen molar-refractivity contribution in [2.75, 3.05) is 13.7 Å². The van der Waals surface area contributed by atoms with Gasteiger partial charge in [0.15, 0.2) is 0 Å². The highest BCUT2D eigenvalue weighted by atomic mass is 35.5. The van der Waals surface area contributed by atoms with Gasteiger partial charge < -0.3 is 21.0 Å². The number of hydrogen-bond donors (Lipinski definition) is 2. The maximum atomic E-state index is 14.6. The lowest BCUT2D eigenvalue weighted by molar-refractivity contribution is -0.145. The number of carbonyl (C=O) groups excluding carboxylic acids is 1. The highest BCUT2D eigenvalue weighted by Crippen LogP contribution is 2.50. The summed E-state index contributed by atoms with van der Waals surface area (Å²) in [6, 6.07) is 12.1. The lowest BCUT2D eigenvalue weighted by Gasteiger charge is -2.36. The number of nitrogens with two attached hydrogens (primary N) is 2. The molecule has 3 rings (SSSR count). The number of amides is 1. The highest BCUT2D eigenvalue weighted by molar-refractivity contribution is 8.15. The zero-order valence-electron chi connectivity index (χ0n) is 17.9. The van der Waals surface area contributed by atoms with Crippen LogP contribution in [0.15, 0.2) is 58.8 Å². The Labute approximate surface area is 200 Å². The van der Waals surface area contributed by atoms with Crippen LogP contribution in [0.25, 0.3) is 0 Å². The minimum Gasteiger partial charge on any atom is -0.393 e. The van der Waals surface area contributed by atoms with Crippen molar-refractivity contribution in [3.8, 4) is 0 Å². The van der Waals surface area contributed by atoms with Crippen LogP contribution in [0.3, 0.4) is 0 Å². The van der Waals surface area contributed by atoms with Crippen molar-refractivity contribution in [2.24, 2.45) is 21.7 Å². The molecule has 2 atom stereocenters. The van der Waals surface area contributed by atoms with E-state index in [4.69, 9.17) is 21.0 Å². The second-order valence-electron chi connectivity index (χ2n) is 6.91. The van der Waals surface area contributed by atoms with E-state index in [0.717, 1.165) is 30.0 Å². The van der Waals surface area contributed by atoms with E-state index in [-0.39, 0.29) is 42.0 Å². The van der Waals surface area contributed by atoms with Gasteiger partial charge in [0.05, 0.1) is 0 Å². The van der Waals surface area contributed by atoms with Gasteiger partial charge in [-0.25, -0.2) is 13.8 Å². The molecular weight excluding hydrogens is 476 g/mol. The van der Waals surface area contributed by atoms with E-state index >= 15 is 0 Å². The van der Waals surface area contributed by atoms with Gasteiger partial charge in [0.1, 0.15) is 34.3 Å². The molecule has 4 N–H and O–H groups in total. The van der Waals surface area contributed by atoms with E-state index in [9.17, 15) is 13.6 Å². The third-order valence-corrected chi connectivity index (χ3v) is 6.24. The first-order chi connectivity index (χ1) is 15.3. The van der Waals surface area contributed by atoms with Gasteiger partial charge in [0.2, 0.25) is 5.96 Å². The van der Waals surface area contributed by atoms with Crippen LogP contribution in [-0.2, 0) is 19.2 Å². The molecule has 2 aromatic carbocycles. The number of guanidine groups is 1. The highest BCUT2D eigenvalue weighted by Gasteiger charge is 2.50. The normalized spacial score (nSPS) is 18.2. The van der Waals surface area contributed by atoms with Crippen LogP contribution in [-0.4, -0.2) is 41.7 Å². The fourth-order valence-corrected chi connectivity index (χ4v) is 4.52. The molecule has 1 aliphatic heterocycles. The SMILES string of the molecule is CO[C@@H](C)C(=O)N1N=C(c2cc(F)ccc2F)S[C@]1(CCON=C(N)N)c1ccccc1.Cl. The largest absolute Gasteiger partial charge is 0.393 e. The van der Waals surface area contributed by atoms with E-state index in [2.05, 4.69) is 10.3 Å². The average molecular weight is 500 g/mol. The summed E-state index contributed by atoms with van der Waals surface area (Å²) in [7, 11) is 1.40. The van der Waals surface area contributed by atoms with Crippen molar-refractivity contribution in [3.63, 3.8) is 0 Å². The molecule has 0 fully saturated rings. The van der Waals surface area contributed by atoms with Crippen LogP contribution in [0.1, 0.15) is 24.5 Å². The predicted molar refractivity (Wildman–Crippen MR) is 126 cm³/mol. The Morgan fingerprint density at radius 2 is 1.94 bits per heavy atom. The van der Waals surface area contributed by atoms with Crippen molar-refractivity contribution >= 4 is 41.1 Å². The quantitative estimate of drug-likeness (QED) is 0.249. The van der Waals surface area contributed by atoms with Crippen molar-refractivity contribution in [3.05, 3.63) is 71.3 Å². The first-order valence-corrected chi connectivity index (χ1v) is 10.5. The van der Waals surface area contributed by atoms with Crippen molar-refractivity contribution in [1.82, 2.24) is 5.01 Å². The van der Waals surface area contributed by atoms with Crippen molar-refractivity contribution in [1.29, 1.82) is 0 Å². The van der Waals surface area contributed by atoms with Crippen LogP contribution in [0.5, 0.6) is 0 Å². The van der Waals surface area contributed by atoms with E-state index in [1.807, 2.05) is 18.2 Å². The number of rotatable bonds is 8. The molecule has 8 nitrogen and oxygen atoms in total. The standard InChI is InChI=1S/C21H23F2N5O3S.ClH/c1-13(30-2)19(29)28-21(10-11-31-27-20(24)25,14-6-4-3-5-7-14)32-18(26-28)16-12-15(22)8-9-17(16)23;/h3-9,12-13H,10-11H2,1-2H3,(H4,24,25,27);1H/t13-,21+;/m0./s1. The second-order valence-corrected chi connectivity index (χ2v) is 8.18. The van der Waals surface area contributed by atoms with Crippen LogP contribution in [0, 0.1) is 11.6 Å². The molecule has 1 heterocycles. The number of halogens is 3. The van der Waals surface area contributed by atoms with E-state index in [1.54, 1.807) is 19.1 Å². The molecule has 0 aromatic heterocycles. The molecule has 2 aromatic rings. The number of hydrogen-bond acceptors (Lipinski definition) is 6. The molecule has 1 aliphatic rings. The number of carbonyl (C=O) groups is 1. The van der Waals surface area contributed by atoms with Gasteiger partial charge in [-0.15, -0.1) is 12.4 Å². The Morgan fingerprint density at radius 1 is 1.24 bits per heavy atom. The lowest BCUT2D eigenvalue weighted by Crippen LogP contribution is -2.46. The Hall–Kier alpha value is -2.89. The summed E-state index contributed by atoms with van der Waals surface area (Å²) in [5.41, 5.74) is 11.3. The molecule has 0 unspecified atom stereocenters. The average Bonchev–Trinajstić information content (AvgIpc) is 3.18. The number of thioether (sulfide) groups is 1. The minimum atomic E-state index is -1.14. The summed E-state index contributed by atoms with van der Waals surface area (Å²) in [6.07, 6.45) is -0.650. The third-order valence-electron chi connectivity index (χ3n) is 4.79. The Balaban J connectivity index is 0.00000385. The molecule has 33 heavy (non-hydrogen) atoms. The zero-order valence-corrected chi connectivity index (χ0v) is 19.5. The summed E-state index contributed by atoms with van der Waals surface area (Å²) >= 11 is 1.11. The van der Waals surface area contributed by atoms with Gasteiger partial charge in [0.25, 0.3) is 5.91 Å². The van der Waals surface area contributed by atoms with E-state index in [1.165, 1.54) is 12.1 Å². The Kier molecular flexibility index (Phi) is 9.03. The van der Waals surface area contributed by atoms with Crippen molar-refractivity contribution in [2.45, 2.75) is 24.3 Å². The van der Waals surface area contributed by atoms with E-state index < -0.39 is 28.5 Å². The topological polar surface area (TPSA) is 116 Å². The third kappa shape index (κ3) is 5.73. The summed E-state index contributed by atoms with van der Waals surface area (Å²) in [5, 5.41) is 9.31. The Bertz CT molecular complexity index is 1040. The molecule has 178 valence electrons. The molecule has 0 radical (unpaired) electrons. The zero-order chi connectivity index (χ0) is 23.3. The fraction of sp³-hybridized carbons (Fsp3) is 0.286. The maximum absolute atomic E-state index is 14.6. The molecule has 0 saturated heterocycles. The number of ether oxygens (including phenoxy) is 1. The smallest absolute Gasteiger partial charge is 0.273 e. The number of oxime groups is 1. The van der Waals surface area contributed by atoms with Gasteiger partial charge in [-0.2, -0.15) is 5.10 Å². The lowest BCUT2D eigenvalue weighted by atomic mass is 10.0. The number of benzene rings is 2. The molecule has 12 heteroatoms. The maximum Gasteiger partial charge on any atom is 0.273 e. The number of methoxy groups -OCH3 is 1. The summed E-state index contributed by atoms with van der Waals surface area (Å²) in [6.45, 7) is 1.59. The van der Waals surface area contributed by atoms with Gasteiger partial charge in [-0.05, 0) is 35.8 Å². The van der Waals surface area contributed by atoms with Crippen LogP contribution in [0.2, 0.25) is 0 Å². The van der Waals surface area contributed by atoms with Crippen LogP contribution >= 0.6 is 24.2 Å². The Morgan fingerprint density at radius 3 is 2.58 bits per heavy atom. The van der Waals surface area contributed by atoms with E-state index in [0.29, 0.717) is 5.56 Å². The van der Waals surface area contributed by atoms with Gasteiger partial charge in [-0.1, -0.05) is 42.1 Å². The first-order valence-electron chi connectivity index (χ1n) is 9.65. The van der Waals surface area contributed by atoms with Crippen LogP contribution in [0.4, 0.5) is 8.78 Å². The number of nitrogens with zero attached hydrogens (tertiary/aromatic N) is 3. The van der Waals surface area contributed by atoms with Crippen LogP contribution < -0.4 is 11.5 Å². The summed E-state index contributed by atoms with van der Waals surface area (Å²) in [4.78, 5) is 17.3. The summed E-state index contributed by atoms with van der Waals surface area (Å²) < 4.78 is 33.7. The monoisotopic (exact) mass is 499 g/mol. The molecular formula is C21H24ClF2N5O3S. The molecule has 0 saturated carbocycles. The summed E-state index contributed by atoms with van der Waals surface area (Å²) in [5.74, 6) is -2.00. The number of hydrazone groups is 1. The van der Waals surface area contributed by atoms with Gasteiger partial charge >= 0.3 is 0 Å². The molecule has 0 spiro atoms. The molecule has 1 amide bonds. The molecule has 0 bridgehead atoms. The molecule has 0 aliphatic carbocycles. The van der Waals surface area contributed by atoms with Gasteiger partial charge in [0, 0.05) is 19.1 Å². The van der Waals surface area contributed by atoms with Crippen molar-refractivity contribution < 1.29 is 23.1 Å². The van der Waals surface area contributed by atoms with Gasteiger partial charge in [-0.3, -0.25) is 4.79 Å². The first kappa shape index (κ1) is 26.4. The minimum absolute atomic E-state index is 0. The fourth-order valence-electron chi connectivity index (χ4n) is 3.15.